The van der Waals surface area contributed by atoms with Crippen molar-refractivity contribution in [3.05, 3.63) is 23.8 Å². The van der Waals surface area contributed by atoms with E-state index in [0.29, 0.717) is 6.42 Å². The summed E-state index contributed by atoms with van der Waals surface area (Å²) in [5.41, 5.74) is 1.02. The lowest BCUT2D eigenvalue weighted by molar-refractivity contribution is 0.184. The number of aliphatic hydroxyl groups is 1. The predicted molar refractivity (Wildman–Crippen MR) is 59.5 cm³/mol. The van der Waals surface area contributed by atoms with Gasteiger partial charge in [0.05, 0.1) is 20.3 Å². The molecule has 3 nitrogen and oxygen atoms in total. The monoisotopic (exact) mass is 210 g/mol. The quantitative estimate of drug-likeness (QED) is 0.808. The van der Waals surface area contributed by atoms with Gasteiger partial charge in [0, 0.05) is 5.56 Å². The Hall–Kier alpha value is -1.22. The average Bonchev–Trinajstić information content (AvgIpc) is 2.25. The summed E-state index contributed by atoms with van der Waals surface area (Å²) in [6, 6.07) is 5.70. The van der Waals surface area contributed by atoms with E-state index in [1.807, 2.05) is 18.2 Å². The Bertz CT molecular complexity index is 285. The van der Waals surface area contributed by atoms with E-state index < -0.39 is 0 Å². The number of rotatable bonds is 5. The fourth-order valence-corrected chi connectivity index (χ4v) is 1.53. The molecule has 1 aromatic rings. The highest BCUT2D eigenvalue weighted by Gasteiger charge is 2.10. The first-order valence-corrected chi connectivity index (χ1v) is 5.07. The van der Waals surface area contributed by atoms with Gasteiger partial charge < -0.3 is 14.6 Å². The number of ether oxygens (including phenoxy) is 2. The van der Waals surface area contributed by atoms with Crippen molar-refractivity contribution in [2.75, 3.05) is 14.2 Å². The highest BCUT2D eigenvalue weighted by molar-refractivity contribution is 5.44. The van der Waals surface area contributed by atoms with E-state index >= 15 is 0 Å². The first-order valence-electron chi connectivity index (χ1n) is 5.07. The van der Waals surface area contributed by atoms with Gasteiger partial charge in [-0.05, 0) is 31.9 Å². The number of hydrogen-bond acceptors (Lipinski definition) is 3. The fraction of sp³-hybridized carbons (Fsp3) is 0.500. The summed E-state index contributed by atoms with van der Waals surface area (Å²) < 4.78 is 10.5. The van der Waals surface area contributed by atoms with Crippen molar-refractivity contribution in [1.29, 1.82) is 0 Å². The first-order chi connectivity index (χ1) is 7.19. The van der Waals surface area contributed by atoms with Gasteiger partial charge in [0.1, 0.15) is 11.5 Å². The minimum atomic E-state index is -0.306. The lowest BCUT2D eigenvalue weighted by Crippen LogP contribution is -2.04. The van der Waals surface area contributed by atoms with Gasteiger partial charge in [-0.15, -0.1) is 0 Å². The van der Waals surface area contributed by atoms with Crippen LogP contribution in [0.2, 0.25) is 0 Å². The Morgan fingerprint density at radius 1 is 1.20 bits per heavy atom. The van der Waals surface area contributed by atoms with Gasteiger partial charge in [-0.3, -0.25) is 0 Å². The van der Waals surface area contributed by atoms with E-state index in [2.05, 4.69) is 0 Å². The van der Waals surface area contributed by atoms with Gasteiger partial charge in [-0.1, -0.05) is 6.07 Å². The van der Waals surface area contributed by atoms with E-state index in [-0.39, 0.29) is 6.10 Å². The Labute approximate surface area is 90.6 Å². The smallest absolute Gasteiger partial charge is 0.125 e. The second-order valence-electron chi connectivity index (χ2n) is 3.53. The molecule has 0 saturated heterocycles. The molecular formula is C12H18O3. The van der Waals surface area contributed by atoms with Gasteiger partial charge in [0.2, 0.25) is 0 Å². The predicted octanol–water partition coefficient (Wildman–Crippen LogP) is 2.02. The van der Waals surface area contributed by atoms with E-state index in [0.717, 1.165) is 23.5 Å². The lowest BCUT2D eigenvalue weighted by atomic mass is 10.1. The molecule has 0 aliphatic rings. The summed E-state index contributed by atoms with van der Waals surface area (Å²) >= 11 is 0. The molecule has 0 spiro atoms. The van der Waals surface area contributed by atoms with Crippen LogP contribution >= 0.6 is 0 Å². The molecule has 1 atom stereocenters. The van der Waals surface area contributed by atoms with Crippen molar-refractivity contribution in [3.63, 3.8) is 0 Å². The average molecular weight is 210 g/mol. The second-order valence-corrected chi connectivity index (χ2v) is 3.53. The molecule has 0 bridgehead atoms. The zero-order valence-corrected chi connectivity index (χ0v) is 9.49. The molecular weight excluding hydrogens is 192 g/mol. The van der Waals surface area contributed by atoms with Crippen molar-refractivity contribution in [1.82, 2.24) is 0 Å². The van der Waals surface area contributed by atoms with Crippen molar-refractivity contribution in [3.8, 4) is 11.5 Å². The molecule has 0 heterocycles. The molecule has 84 valence electrons. The molecule has 15 heavy (non-hydrogen) atoms. The molecule has 1 rings (SSSR count). The Kier molecular flexibility index (Phi) is 4.43. The topological polar surface area (TPSA) is 38.7 Å². The van der Waals surface area contributed by atoms with Crippen LogP contribution in [0.15, 0.2) is 18.2 Å². The van der Waals surface area contributed by atoms with Crippen molar-refractivity contribution in [2.24, 2.45) is 0 Å². The zero-order chi connectivity index (χ0) is 11.3. The molecule has 0 radical (unpaired) electrons. The number of methoxy groups -OCH3 is 2. The third-order valence-electron chi connectivity index (χ3n) is 2.34. The minimum Gasteiger partial charge on any atom is -0.496 e. The van der Waals surface area contributed by atoms with Gasteiger partial charge in [0.15, 0.2) is 0 Å². The Morgan fingerprint density at radius 2 is 1.73 bits per heavy atom. The van der Waals surface area contributed by atoms with Gasteiger partial charge >= 0.3 is 0 Å². The van der Waals surface area contributed by atoms with E-state index in [1.54, 1.807) is 21.1 Å². The van der Waals surface area contributed by atoms with Gasteiger partial charge in [-0.2, -0.15) is 0 Å². The molecule has 0 amide bonds. The minimum absolute atomic E-state index is 0.306. The molecule has 0 aromatic heterocycles. The molecule has 0 aliphatic carbocycles. The van der Waals surface area contributed by atoms with Crippen LogP contribution in [0.3, 0.4) is 0 Å². The molecule has 1 unspecified atom stereocenters. The summed E-state index contributed by atoms with van der Waals surface area (Å²) in [7, 11) is 3.28. The van der Waals surface area contributed by atoms with Crippen LogP contribution in [-0.2, 0) is 6.42 Å². The van der Waals surface area contributed by atoms with Crippen molar-refractivity contribution in [2.45, 2.75) is 25.9 Å². The maximum atomic E-state index is 9.26. The van der Waals surface area contributed by atoms with E-state index in [4.69, 9.17) is 9.47 Å². The maximum absolute atomic E-state index is 9.26. The third kappa shape index (κ3) is 3.13. The van der Waals surface area contributed by atoms with Crippen LogP contribution in [0.25, 0.3) is 0 Å². The van der Waals surface area contributed by atoms with Crippen LogP contribution < -0.4 is 9.47 Å². The summed E-state index contributed by atoms with van der Waals surface area (Å²) in [6.45, 7) is 1.78. The number of benzene rings is 1. The normalized spacial score (nSPS) is 12.3. The fourth-order valence-electron chi connectivity index (χ4n) is 1.53. The summed E-state index contributed by atoms with van der Waals surface area (Å²) in [4.78, 5) is 0. The number of hydrogen-bond donors (Lipinski definition) is 1. The first kappa shape index (κ1) is 11.9. The van der Waals surface area contributed by atoms with Gasteiger partial charge in [0.25, 0.3) is 0 Å². The summed E-state index contributed by atoms with van der Waals surface area (Å²) in [6.07, 6.45) is 1.15. The zero-order valence-electron chi connectivity index (χ0n) is 9.49. The maximum Gasteiger partial charge on any atom is 0.125 e. The van der Waals surface area contributed by atoms with Crippen molar-refractivity contribution < 1.29 is 14.6 Å². The SMILES string of the molecule is COc1cccc(OC)c1CCC(C)O. The Morgan fingerprint density at radius 3 is 2.13 bits per heavy atom. The largest absolute Gasteiger partial charge is 0.496 e. The summed E-state index contributed by atoms with van der Waals surface area (Å²) in [5, 5.41) is 9.26. The molecule has 1 aromatic carbocycles. The highest BCUT2D eigenvalue weighted by Crippen LogP contribution is 2.29. The van der Waals surface area contributed by atoms with Crippen LogP contribution in [0, 0.1) is 0 Å². The number of aliphatic hydroxyl groups excluding tert-OH is 1. The second kappa shape index (κ2) is 5.61. The Balaban J connectivity index is 2.89. The van der Waals surface area contributed by atoms with Crippen LogP contribution in [0.5, 0.6) is 11.5 Å². The molecule has 0 saturated carbocycles. The molecule has 0 aliphatic heterocycles. The highest BCUT2D eigenvalue weighted by atomic mass is 16.5. The van der Waals surface area contributed by atoms with Crippen molar-refractivity contribution >= 4 is 0 Å². The molecule has 1 N–H and O–H groups in total. The standard InChI is InChI=1S/C12H18O3/c1-9(13)7-8-10-11(14-2)5-4-6-12(10)15-3/h4-6,9,13H,7-8H2,1-3H3. The van der Waals surface area contributed by atoms with Crippen LogP contribution in [0.1, 0.15) is 18.9 Å². The summed E-state index contributed by atoms with van der Waals surface area (Å²) in [5.74, 6) is 1.63. The molecule has 0 fully saturated rings. The molecule has 3 heteroatoms. The van der Waals surface area contributed by atoms with E-state index in [1.165, 1.54) is 0 Å². The third-order valence-corrected chi connectivity index (χ3v) is 2.34. The van der Waals surface area contributed by atoms with Crippen LogP contribution in [0.4, 0.5) is 0 Å². The van der Waals surface area contributed by atoms with Gasteiger partial charge in [-0.25, -0.2) is 0 Å². The lowest BCUT2D eigenvalue weighted by Gasteiger charge is -2.13. The van der Waals surface area contributed by atoms with E-state index in [9.17, 15) is 5.11 Å². The van der Waals surface area contributed by atoms with Crippen LogP contribution in [-0.4, -0.2) is 25.4 Å².